The summed E-state index contributed by atoms with van der Waals surface area (Å²) in [6, 6.07) is 5.50. The number of hydrogen-bond acceptors (Lipinski definition) is 3. The van der Waals surface area contributed by atoms with Gasteiger partial charge < -0.3 is 10.0 Å². The summed E-state index contributed by atoms with van der Waals surface area (Å²) in [7, 11) is 0. The lowest BCUT2D eigenvalue weighted by Crippen LogP contribution is -2.34. The summed E-state index contributed by atoms with van der Waals surface area (Å²) in [5.41, 5.74) is 2.88. The quantitative estimate of drug-likeness (QED) is 0.774. The molecule has 1 amide bonds. The number of Topliss-reactive ketones (excluding diaryl/α,β-unsaturated/α-hetero) is 1. The van der Waals surface area contributed by atoms with Crippen molar-refractivity contribution in [3.63, 3.8) is 0 Å². The second-order valence-electron chi connectivity index (χ2n) is 7.51. The molecule has 0 spiro atoms. The van der Waals surface area contributed by atoms with E-state index < -0.39 is 43.0 Å². The number of carbonyl (C=O) groups is 3. The molecule has 1 saturated heterocycles. The Labute approximate surface area is 160 Å². The van der Waals surface area contributed by atoms with E-state index in [1.165, 1.54) is 5.56 Å². The largest absolute Gasteiger partial charge is 0.481 e. The molecular formula is C20H22F3NO4. The Bertz CT molecular complexity index is 790. The van der Waals surface area contributed by atoms with Crippen molar-refractivity contribution in [3.05, 3.63) is 34.9 Å². The maximum Gasteiger partial charge on any atom is 0.394 e. The summed E-state index contributed by atoms with van der Waals surface area (Å²) in [4.78, 5) is 36.7. The third-order valence-electron chi connectivity index (χ3n) is 5.65. The monoisotopic (exact) mass is 397 g/mol. The molecular weight excluding hydrogens is 375 g/mol. The number of ketones is 1. The molecule has 28 heavy (non-hydrogen) atoms. The first-order valence-electron chi connectivity index (χ1n) is 9.39. The van der Waals surface area contributed by atoms with Crippen molar-refractivity contribution < 1.29 is 32.7 Å². The van der Waals surface area contributed by atoms with Gasteiger partial charge in [0.05, 0.1) is 11.8 Å². The Morgan fingerprint density at radius 2 is 1.71 bits per heavy atom. The lowest BCUT2D eigenvalue weighted by Gasteiger charge is -2.18. The van der Waals surface area contributed by atoms with Gasteiger partial charge in [-0.1, -0.05) is 12.1 Å². The molecule has 0 aromatic heterocycles. The van der Waals surface area contributed by atoms with Crippen LogP contribution < -0.4 is 0 Å². The predicted octanol–water partition coefficient (Wildman–Crippen LogP) is 3.25. The average molecular weight is 397 g/mol. The van der Waals surface area contributed by atoms with Crippen molar-refractivity contribution in [2.24, 2.45) is 11.8 Å². The highest BCUT2D eigenvalue weighted by atomic mass is 19.4. The summed E-state index contributed by atoms with van der Waals surface area (Å²) in [5.74, 6) is -6.17. The molecule has 2 aliphatic rings. The molecule has 152 valence electrons. The highest BCUT2D eigenvalue weighted by molar-refractivity contribution is 5.98. The number of likely N-dealkylation sites (tertiary alicyclic amines) is 1. The van der Waals surface area contributed by atoms with E-state index in [9.17, 15) is 27.6 Å². The molecule has 1 aliphatic heterocycles. The number of rotatable bonds is 5. The molecule has 1 aromatic carbocycles. The van der Waals surface area contributed by atoms with E-state index in [2.05, 4.69) is 0 Å². The molecule has 3 rings (SSSR count). The maximum atomic E-state index is 13.0. The second kappa shape index (κ2) is 7.93. The van der Waals surface area contributed by atoms with Crippen LogP contribution in [0, 0.1) is 11.8 Å². The SMILES string of the molecule is O=C(CCC(=O)N1C[C@@H](C(F)(F)F)[C@H](C(=O)O)C1)c1ccc2c(c1)CCCC2. The fraction of sp³-hybridized carbons (Fsp3) is 0.550. The smallest absolute Gasteiger partial charge is 0.394 e. The lowest BCUT2D eigenvalue weighted by atomic mass is 9.89. The van der Waals surface area contributed by atoms with Gasteiger partial charge in [0.2, 0.25) is 5.91 Å². The van der Waals surface area contributed by atoms with Crippen molar-refractivity contribution in [2.75, 3.05) is 13.1 Å². The number of carbonyl (C=O) groups excluding carboxylic acids is 2. The van der Waals surface area contributed by atoms with Crippen LogP contribution in [0.1, 0.15) is 47.2 Å². The Hall–Kier alpha value is -2.38. The van der Waals surface area contributed by atoms with Crippen molar-refractivity contribution in [3.8, 4) is 0 Å². The number of alkyl halides is 3. The van der Waals surface area contributed by atoms with Crippen LogP contribution in [0.25, 0.3) is 0 Å². The molecule has 0 bridgehead atoms. The molecule has 1 N–H and O–H groups in total. The zero-order valence-corrected chi connectivity index (χ0v) is 15.3. The molecule has 1 heterocycles. The van der Waals surface area contributed by atoms with Crippen LogP contribution in [0.15, 0.2) is 18.2 Å². The molecule has 0 unspecified atom stereocenters. The van der Waals surface area contributed by atoms with Crippen LogP contribution in [0.2, 0.25) is 0 Å². The molecule has 1 aliphatic carbocycles. The molecule has 0 saturated carbocycles. The maximum absolute atomic E-state index is 13.0. The number of halogens is 3. The molecule has 5 nitrogen and oxygen atoms in total. The van der Waals surface area contributed by atoms with Crippen LogP contribution in [0.5, 0.6) is 0 Å². The number of carboxylic acids is 1. The minimum absolute atomic E-state index is 0.109. The molecule has 1 aromatic rings. The van der Waals surface area contributed by atoms with Gasteiger partial charge in [-0.25, -0.2) is 0 Å². The number of benzene rings is 1. The van der Waals surface area contributed by atoms with Crippen molar-refractivity contribution in [1.29, 1.82) is 0 Å². The van der Waals surface area contributed by atoms with Crippen LogP contribution in [-0.2, 0) is 22.4 Å². The molecule has 2 atom stereocenters. The zero-order valence-electron chi connectivity index (χ0n) is 15.3. The standard InChI is InChI=1S/C20H22F3NO4/c21-20(22,23)16-11-24(10-15(16)19(27)28)18(26)8-7-17(25)14-6-5-12-3-1-2-4-13(12)9-14/h5-6,9,15-16H,1-4,7-8,10-11H2,(H,27,28)/t15-,16-/m1/s1. The minimum Gasteiger partial charge on any atom is -0.481 e. The summed E-state index contributed by atoms with van der Waals surface area (Å²) >= 11 is 0. The van der Waals surface area contributed by atoms with Gasteiger partial charge in [0.1, 0.15) is 0 Å². The number of aliphatic carboxylic acids is 1. The van der Waals surface area contributed by atoms with E-state index >= 15 is 0 Å². The highest BCUT2D eigenvalue weighted by Gasteiger charge is 2.53. The number of nitrogens with zero attached hydrogens (tertiary/aromatic N) is 1. The van der Waals surface area contributed by atoms with E-state index in [1.54, 1.807) is 6.07 Å². The fourth-order valence-corrected chi connectivity index (χ4v) is 4.02. The van der Waals surface area contributed by atoms with E-state index in [-0.39, 0.29) is 18.6 Å². The van der Waals surface area contributed by atoms with E-state index in [1.807, 2.05) is 12.1 Å². The number of amides is 1. The third kappa shape index (κ3) is 4.36. The van der Waals surface area contributed by atoms with Gasteiger partial charge in [-0.05, 0) is 42.9 Å². The van der Waals surface area contributed by atoms with E-state index in [0.717, 1.165) is 36.1 Å². The van der Waals surface area contributed by atoms with Crippen LogP contribution in [-0.4, -0.2) is 46.9 Å². The molecule has 8 heteroatoms. The van der Waals surface area contributed by atoms with Crippen LogP contribution >= 0.6 is 0 Å². The molecule has 1 fully saturated rings. The van der Waals surface area contributed by atoms with Crippen LogP contribution in [0.3, 0.4) is 0 Å². The first-order chi connectivity index (χ1) is 13.2. The summed E-state index contributed by atoms with van der Waals surface area (Å²) in [6.07, 6.45) is -0.919. The minimum atomic E-state index is -4.68. The normalized spacial score (nSPS) is 22.0. The third-order valence-corrected chi connectivity index (χ3v) is 5.65. The van der Waals surface area contributed by atoms with Gasteiger partial charge >= 0.3 is 12.1 Å². The Kier molecular flexibility index (Phi) is 5.76. The van der Waals surface area contributed by atoms with Crippen molar-refractivity contribution in [2.45, 2.75) is 44.7 Å². The van der Waals surface area contributed by atoms with Crippen molar-refractivity contribution in [1.82, 2.24) is 4.90 Å². The highest BCUT2D eigenvalue weighted by Crippen LogP contribution is 2.38. The number of aryl methyl sites for hydroxylation is 2. The summed E-state index contributed by atoms with van der Waals surface area (Å²) < 4.78 is 39.1. The topological polar surface area (TPSA) is 74.7 Å². The number of carboxylic acid groups (broad SMARTS) is 1. The Morgan fingerprint density at radius 1 is 1.04 bits per heavy atom. The van der Waals surface area contributed by atoms with Gasteiger partial charge in [-0.15, -0.1) is 0 Å². The van der Waals surface area contributed by atoms with E-state index in [0.29, 0.717) is 5.56 Å². The Balaban J connectivity index is 1.59. The Morgan fingerprint density at radius 3 is 2.32 bits per heavy atom. The fourth-order valence-electron chi connectivity index (χ4n) is 4.02. The van der Waals surface area contributed by atoms with Gasteiger partial charge in [0.25, 0.3) is 0 Å². The summed E-state index contributed by atoms with van der Waals surface area (Å²) in [6.45, 7) is -1.16. The average Bonchev–Trinajstić information content (AvgIpc) is 3.12. The first-order valence-corrected chi connectivity index (χ1v) is 9.39. The van der Waals surface area contributed by atoms with E-state index in [4.69, 9.17) is 5.11 Å². The van der Waals surface area contributed by atoms with Gasteiger partial charge in [0.15, 0.2) is 5.78 Å². The van der Waals surface area contributed by atoms with Crippen LogP contribution in [0.4, 0.5) is 13.2 Å². The van der Waals surface area contributed by atoms with Gasteiger partial charge in [-0.2, -0.15) is 13.2 Å². The predicted molar refractivity (Wildman–Crippen MR) is 93.9 cm³/mol. The number of fused-ring (bicyclic) bond motifs is 1. The molecule has 0 radical (unpaired) electrons. The second-order valence-corrected chi connectivity index (χ2v) is 7.51. The lowest BCUT2D eigenvalue weighted by molar-refractivity contribution is -0.188. The zero-order chi connectivity index (χ0) is 20.5. The van der Waals surface area contributed by atoms with Gasteiger partial charge in [0, 0.05) is 31.5 Å². The van der Waals surface area contributed by atoms with Crippen molar-refractivity contribution >= 4 is 17.7 Å². The summed E-state index contributed by atoms with van der Waals surface area (Å²) in [5, 5.41) is 9.02. The van der Waals surface area contributed by atoms with Gasteiger partial charge in [-0.3, -0.25) is 14.4 Å². The number of hydrogen-bond donors (Lipinski definition) is 1. The first kappa shape index (κ1) is 20.4.